The third-order valence-electron chi connectivity index (χ3n) is 6.84. The number of phenolic OH excluding ortho intramolecular Hbond substituents is 1. The Labute approximate surface area is 217 Å². The molecule has 0 radical (unpaired) electrons. The number of aromatic nitrogens is 3. The molecule has 8 nitrogen and oxygen atoms in total. The highest BCUT2D eigenvalue weighted by Gasteiger charge is 2.17. The van der Waals surface area contributed by atoms with Crippen LogP contribution in [0.25, 0.3) is 22.2 Å². The van der Waals surface area contributed by atoms with Crippen LogP contribution >= 0.6 is 0 Å². The number of anilines is 2. The molecule has 2 N–H and O–H groups in total. The van der Waals surface area contributed by atoms with Crippen molar-refractivity contribution in [2.75, 3.05) is 30.7 Å². The number of aryl methyl sites for hydroxylation is 2. The van der Waals surface area contributed by atoms with Gasteiger partial charge >= 0.3 is 0 Å². The van der Waals surface area contributed by atoms with Crippen LogP contribution in [0.3, 0.4) is 0 Å². The highest BCUT2D eigenvalue weighted by molar-refractivity contribution is 7.91. The average Bonchev–Trinajstić information content (AvgIpc) is 3.39. The number of phenols is 1. The van der Waals surface area contributed by atoms with E-state index in [9.17, 15) is 13.5 Å². The van der Waals surface area contributed by atoms with E-state index in [1.54, 1.807) is 36.4 Å². The van der Waals surface area contributed by atoms with Gasteiger partial charge in [0.25, 0.3) is 0 Å². The molecule has 0 bridgehead atoms. The number of nitrogens with one attached hydrogen (secondary N) is 1. The van der Waals surface area contributed by atoms with Crippen LogP contribution in [0.15, 0.2) is 59.5 Å². The molecule has 0 unspecified atom stereocenters. The normalized spacial score (nSPS) is 14.3. The molecule has 1 saturated heterocycles. The Hall–Kier alpha value is -3.56. The maximum atomic E-state index is 12.7. The molecule has 2 heterocycles. The van der Waals surface area contributed by atoms with Crippen molar-refractivity contribution >= 4 is 32.5 Å². The minimum Gasteiger partial charge on any atom is -0.508 e. The molecule has 1 fully saturated rings. The lowest BCUT2D eigenvalue weighted by Gasteiger charge is -2.14. The van der Waals surface area contributed by atoms with Crippen molar-refractivity contribution in [1.29, 1.82) is 0 Å². The first-order valence-electron chi connectivity index (χ1n) is 12.6. The van der Waals surface area contributed by atoms with Crippen molar-refractivity contribution in [2.24, 2.45) is 0 Å². The largest absolute Gasteiger partial charge is 0.508 e. The van der Waals surface area contributed by atoms with Crippen LogP contribution in [0.2, 0.25) is 0 Å². The van der Waals surface area contributed by atoms with E-state index in [0.717, 1.165) is 47.4 Å². The quantitative estimate of drug-likeness (QED) is 0.336. The molecule has 1 aliphatic rings. The summed E-state index contributed by atoms with van der Waals surface area (Å²) < 4.78 is 25.5. The number of aromatic hydroxyl groups is 1. The van der Waals surface area contributed by atoms with Crippen LogP contribution in [0.1, 0.15) is 30.4 Å². The molecule has 37 heavy (non-hydrogen) atoms. The fourth-order valence-electron chi connectivity index (χ4n) is 4.82. The number of fused-ring (bicyclic) bond motifs is 1. The lowest BCUT2D eigenvalue weighted by atomic mass is 9.98. The van der Waals surface area contributed by atoms with Gasteiger partial charge in [0.2, 0.25) is 5.95 Å². The molecule has 0 amide bonds. The van der Waals surface area contributed by atoms with E-state index in [1.807, 2.05) is 32.0 Å². The summed E-state index contributed by atoms with van der Waals surface area (Å²) in [5.41, 5.74) is 5.90. The van der Waals surface area contributed by atoms with Gasteiger partial charge in [-0.25, -0.2) is 13.4 Å². The zero-order valence-corrected chi connectivity index (χ0v) is 21.9. The van der Waals surface area contributed by atoms with Gasteiger partial charge in [0.05, 0.1) is 16.2 Å². The molecular formula is C28H31N5O3S. The van der Waals surface area contributed by atoms with Crippen molar-refractivity contribution in [1.82, 2.24) is 20.1 Å². The number of hydrogen-bond donors (Lipinski definition) is 2. The van der Waals surface area contributed by atoms with Gasteiger partial charge in [-0.15, -0.1) is 10.2 Å². The van der Waals surface area contributed by atoms with E-state index in [2.05, 4.69) is 25.4 Å². The van der Waals surface area contributed by atoms with Crippen LogP contribution < -0.4 is 5.32 Å². The number of hydrogen-bond acceptors (Lipinski definition) is 8. The standard InChI is InChI=1S/C28H31N5O3S/c1-19-6-9-23(34)18-25(19)21-16-20(2)27-26(17-21)31-32-28(30-27)29-22-7-10-24(11-8-22)37(35,36)15-5-14-33-12-3-4-13-33/h6-11,16-18,34H,3-5,12-15H2,1-2H3,(H,29,30,32). The fourth-order valence-corrected chi connectivity index (χ4v) is 6.11. The molecule has 0 saturated carbocycles. The Bertz CT molecular complexity index is 1530. The van der Waals surface area contributed by atoms with E-state index in [4.69, 9.17) is 0 Å². The first-order valence-corrected chi connectivity index (χ1v) is 14.2. The van der Waals surface area contributed by atoms with Gasteiger partial charge in [-0.05, 0) is 124 Å². The predicted molar refractivity (Wildman–Crippen MR) is 146 cm³/mol. The van der Waals surface area contributed by atoms with Gasteiger partial charge in [0, 0.05) is 5.69 Å². The topological polar surface area (TPSA) is 108 Å². The number of sulfone groups is 1. The minimum absolute atomic E-state index is 0.150. The van der Waals surface area contributed by atoms with Gasteiger partial charge in [-0.3, -0.25) is 0 Å². The fraction of sp³-hybridized carbons (Fsp3) is 0.321. The zero-order chi connectivity index (χ0) is 26.0. The number of likely N-dealkylation sites (tertiary alicyclic amines) is 1. The summed E-state index contributed by atoms with van der Waals surface area (Å²) >= 11 is 0. The molecule has 5 rings (SSSR count). The maximum absolute atomic E-state index is 12.7. The van der Waals surface area contributed by atoms with Crippen LogP contribution in [0.4, 0.5) is 11.6 Å². The van der Waals surface area contributed by atoms with E-state index in [-0.39, 0.29) is 11.5 Å². The Morgan fingerprint density at radius 1 is 0.946 bits per heavy atom. The molecule has 1 aliphatic heterocycles. The van der Waals surface area contributed by atoms with E-state index >= 15 is 0 Å². The Morgan fingerprint density at radius 3 is 2.46 bits per heavy atom. The number of nitrogens with zero attached hydrogens (tertiary/aromatic N) is 4. The first-order chi connectivity index (χ1) is 17.8. The molecule has 3 aromatic carbocycles. The Balaban J connectivity index is 1.29. The number of benzene rings is 3. The third kappa shape index (κ3) is 5.73. The Kier molecular flexibility index (Phi) is 7.08. The van der Waals surface area contributed by atoms with E-state index in [1.165, 1.54) is 12.8 Å². The summed E-state index contributed by atoms with van der Waals surface area (Å²) in [6, 6.07) is 15.9. The molecule has 0 atom stereocenters. The molecule has 9 heteroatoms. The van der Waals surface area contributed by atoms with E-state index < -0.39 is 9.84 Å². The second-order valence-electron chi connectivity index (χ2n) is 9.67. The van der Waals surface area contributed by atoms with Crippen molar-refractivity contribution in [3.63, 3.8) is 0 Å². The lowest BCUT2D eigenvalue weighted by Crippen LogP contribution is -2.22. The minimum atomic E-state index is -3.32. The maximum Gasteiger partial charge on any atom is 0.247 e. The van der Waals surface area contributed by atoms with Gasteiger partial charge in [0.1, 0.15) is 11.3 Å². The highest BCUT2D eigenvalue weighted by Crippen LogP contribution is 2.31. The van der Waals surface area contributed by atoms with Crippen molar-refractivity contribution in [3.8, 4) is 16.9 Å². The molecule has 4 aromatic rings. The highest BCUT2D eigenvalue weighted by atomic mass is 32.2. The smallest absolute Gasteiger partial charge is 0.247 e. The Morgan fingerprint density at radius 2 is 1.70 bits per heavy atom. The monoisotopic (exact) mass is 517 g/mol. The van der Waals surface area contributed by atoms with Gasteiger partial charge in [0.15, 0.2) is 9.84 Å². The van der Waals surface area contributed by atoms with Crippen LogP contribution in [-0.4, -0.2) is 59.0 Å². The number of rotatable bonds is 8. The van der Waals surface area contributed by atoms with Crippen molar-refractivity contribution in [3.05, 3.63) is 65.7 Å². The summed E-state index contributed by atoms with van der Waals surface area (Å²) in [5, 5.41) is 21.6. The summed E-state index contributed by atoms with van der Waals surface area (Å²) in [6.07, 6.45) is 3.05. The van der Waals surface area contributed by atoms with E-state index in [0.29, 0.717) is 28.5 Å². The summed E-state index contributed by atoms with van der Waals surface area (Å²) in [4.78, 5) is 7.29. The molecule has 0 spiro atoms. The molecule has 1 aromatic heterocycles. The zero-order valence-electron chi connectivity index (χ0n) is 21.1. The summed E-state index contributed by atoms with van der Waals surface area (Å²) in [6.45, 7) is 6.94. The average molecular weight is 518 g/mol. The van der Waals surface area contributed by atoms with Crippen LogP contribution in [-0.2, 0) is 9.84 Å². The summed E-state index contributed by atoms with van der Waals surface area (Å²) in [7, 11) is -3.32. The predicted octanol–water partition coefficient (Wildman–Crippen LogP) is 5.02. The lowest BCUT2D eigenvalue weighted by molar-refractivity contribution is 0.340. The van der Waals surface area contributed by atoms with Crippen molar-refractivity contribution in [2.45, 2.75) is 38.0 Å². The first kappa shape index (κ1) is 25.1. The summed E-state index contributed by atoms with van der Waals surface area (Å²) in [5.74, 6) is 0.693. The molecular weight excluding hydrogens is 486 g/mol. The van der Waals surface area contributed by atoms with Crippen LogP contribution in [0.5, 0.6) is 5.75 Å². The third-order valence-corrected chi connectivity index (χ3v) is 8.65. The van der Waals surface area contributed by atoms with Crippen LogP contribution in [0, 0.1) is 13.8 Å². The SMILES string of the molecule is Cc1ccc(O)cc1-c1cc(C)c2nc(Nc3ccc(S(=O)(=O)CCCN4CCCC4)cc3)nnc2c1. The second kappa shape index (κ2) is 10.4. The second-order valence-corrected chi connectivity index (χ2v) is 11.8. The molecule has 0 aliphatic carbocycles. The molecule has 192 valence electrons. The van der Waals surface area contributed by atoms with Gasteiger partial charge in [-0.1, -0.05) is 6.07 Å². The van der Waals surface area contributed by atoms with Crippen molar-refractivity contribution < 1.29 is 13.5 Å². The van der Waals surface area contributed by atoms with Gasteiger partial charge in [-0.2, -0.15) is 0 Å². The van der Waals surface area contributed by atoms with Gasteiger partial charge < -0.3 is 15.3 Å².